The Labute approximate surface area is 111 Å². The standard InChI is InChI=1S/C13H16BBrO2/c15-13(14-16-10-5-11-17-14)9-4-8-12-6-2-1-3-7-12/h1-3,6-7,9H,4-5,8,10-11H2/b13-9-. The third kappa shape index (κ3) is 4.30. The number of aryl methyl sites for hydroxylation is 1. The second-order valence-corrected chi connectivity index (χ2v) is 4.96. The lowest BCUT2D eigenvalue weighted by molar-refractivity contribution is 0.142. The molecule has 1 aliphatic rings. The average Bonchev–Trinajstić information content (AvgIpc) is 2.41. The van der Waals surface area contributed by atoms with Crippen molar-refractivity contribution in [2.45, 2.75) is 19.3 Å². The topological polar surface area (TPSA) is 18.5 Å². The Morgan fingerprint density at radius 2 is 1.94 bits per heavy atom. The lowest BCUT2D eigenvalue weighted by atomic mass is 9.87. The van der Waals surface area contributed by atoms with Crippen molar-refractivity contribution < 1.29 is 9.31 Å². The molecule has 1 aromatic carbocycles. The summed E-state index contributed by atoms with van der Waals surface area (Å²) in [5, 5.41) is 0. The number of allylic oxidation sites excluding steroid dienone is 1. The predicted octanol–water partition coefficient (Wildman–Crippen LogP) is 3.36. The van der Waals surface area contributed by atoms with E-state index in [0.29, 0.717) is 0 Å². The van der Waals surface area contributed by atoms with E-state index in [4.69, 9.17) is 9.31 Å². The fourth-order valence-corrected chi connectivity index (χ4v) is 2.26. The van der Waals surface area contributed by atoms with Crippen LogP contribution in [0.4, 0.5) is 0 Å². The van der Waals surface area contributed by atoms with E-state index in [-0.39, 0.29) is 7.12 Å². The smallest absolute Gasteiger partial charge is 0.407 e. The summed E-state index contributed by atoms with van der Waals surface area (Å²) < 4.78 is 12.0. The van der Waals surface area contributed by atoms with Gasteiger partial charge in [-0.05, 0) is 24.8 Å². The summed E-state index contributed by atoms with van der Waals surface area (Å²) in [4.78, 5) is 0. The summed E-state index contributed by atoms with van der Waals surface area (Å²) in [5.74, 6) is 0. The van der Waals surface area contributed by atoms with Crippen molar-refractivity contribution in [3.05, 3.63) is 46.4 Å². The van der Waals surface area contributed by atoms with Gasteiger partial charge in [0.15, 0.2) is 0 Å². The highest BCUT2D eigenvalue weighted by Gasteiger charge is 2.24. The van der Waals surface area contributed by atoms with Gasteiger partial charge in [-0.15, -0.1) is 0 Å². The lowest BCUT2D eigenvalue weighted by Gasteiger charge is -2.19. The molecular weight excluding hydrogens is 279 g/mol. The van der Waals surface area contributed by atoms with Gasteiger partial charge in [0.25, 0.3) is 0 Å². The molecule has 0 spiro atoms. The minimum atomic E-state index is -0.195. The maximum Gasteiger partial charge on any atom is 0.500 e. The van der Waals surface area contributed by atoms with Crippen molar-refractivity contribution in [2.24, 2.45) is 0 Å². The lowest BCUT2D eigenvalue weighted by Crippen LogP contribution is -2.30. The first-order chi connectivity index (χ1) is 8.36. The van der Waals surface area contributed by atoms with Gasteiger partial charge in [-0.1, -0.05) is 52.3 Å². The fourth-order valence-electron chi connectivity index (χ4n) is 1.76. The van der Waals surface area contributed by atoms with E-state index < -0.39 is 0 Å². The molecule has 1 saturated heterocycles. The van der Waals surface area contributed by atoms with Crippen LogP contribution in [0.3, 0.4) is 0 Å². The van der Waals surface area contributed by atoms with Gasteiger partial charge < -0.3 is 9.31 Å². The summed E-state index contributed by atoms with van der Waals surface area (Å²) in [6.07, 6.45) is 5.17. The zero-order valence-corrected chi connectivity index (χ0v) is 11.4. The maximum absolute atomic E-state index is 5.51. The summed E-state index contributed by atoms with van der Waals surface area (Å²) in [6.45, 7) is 1.57. The van der Waals surface area contributed by atoms with Crippen LogP contribution in [0.25, 0.3) is 0 Å². The van der Waals surface area contributed by atoms with Gasteiger partial charge in [0, 0.05) is 17.6 Å². The average molecular weight is 295 g/mol. The second-order valence-electron chi connectivity index (χ2n) is 4.04. The molecule has 2 nitrogen and oxygen atoms in total. The van der Waals surface area contributed by atoms with Gasteiger partial charge in [0.05, 0.1) is 0 Å². The van der Waals surface area contributed by atoms with E-state index in [1.807, 2.05) is 6.07 Å². The van der Waals surface area contributed by atoms with Crippen molar-refractivity contribution in [3.63, 3.8) is 0 Å². The molecule has 4 heteroatoms. The van der Waals surface area contributed by atoms with E-state index >= 15 is 0 Å². The molecule has 1 aromatic rings. The first-order valence-electron chi connectivity index (χ1n) is 5.99. The molecule has 0 bridgehead atoms. The zero-order chi connectivity index (χ0) is 11.9. The number of benzene rings is 1. The first kappa shape index (κ1) is 12.9. The highest BCUT2D eigenvalue weighted by Crippen LogP contribution is 2.17. The number of hydrogen-bond acceptors (Lipinski definition) is 2. The Bertz CT molecular complexity index is 361. The van der Waals surface area contributed by atoms with Crippen LogP contribution in [-0.4, -0.2) is 20.3 Å². The summed E-state index contributed by atoms with van der Waals surface area (Å²) in [7, 11) is -0.195. The minimum Gasteiger partial charge on any atom is -0.407 e. The molecule has 0 unspecified atom stereocenters. The van der Waals surface area contributed by atoms with Crippen molar-refractivity contribution in [3.8, 4) is 0 Å². The summed E-state index contributed by atoms with van der Waals surface area (Å²) >= 11 is 3.52. The molecule has 1 heterocycles. The molecule has 0 aromatic heterocycles. The van der Waals surface area contributed by atoms with Gasteiger partial charge in [-0.3, -0.25) is 0 Å². The Morgan fingerprint density at radius 3 is 2.65 bits per heavy atom. The van der Waals surface area contributed by atoms with E-state index in [0.717, 1.165) is 36.9 Å². The van der Waals surface area contributed by atoms with Crippen LogP contribution in [0.15, 0.2) is 40.8 Å². The third-order valence-corrected chi connectivity index (χ3v) is 3.37. The molecule has 17 heavy (non-hydrogen) atoms. The molecule has 90 valence electrons. The minimum absolute atomic E-state index is 0.195. The Balaban J connectivity index is 1.79. The quantitative estimate of drug-likeness (QED) is 0.793. The molecule has 1 aliphatic heterocycles. The molecular formula is C13H16BBrO2. The molecule has 2 rings (SSSR count). The molecule has 0 amide bonds. The SMILES string of the molecule is Br/C(=C\CCc1ccccc1)B1OCCCO1. The van der Waals surface area contributed by atoms with E-state index in [9.17, 15) is 0 Å². The van der Waals surface area contributed by atoms with Crippen LogP contribution in [0.1, 0.15) is 18.4 Å². The van der Waals surface area contributed by atoms with Crippen molar-refractivity contribution >= 4 is 23.0 Å². The van der Waals surface area contributed by atoms with Crippen LogP contribution in [0, 0.1) is 0 Å². The summed E-state index contributed by atoms with van der Waals surface area (Å²) in [5.41, 5.74) is 1.36. The molecule has 0 N–H and O–H groups in total. The molecule has 0 saturated carbocycles. The monoisotopic (exact) mass is 294 g/mol. The van der Waals surface area contributed by atoms with Crippen LogP contribution >= 0.6 is 15.9 Å². The van der Waals surface area contributed by atoms with E-state index in [1.165, 1.54) is 5.56 Å². The highest BCUT2D eigenvalue weighted by atomic mass is 79.9. The van der Waals surface area contributed by atoms with Crippen molar-refractivity contribution in [2.75, 3.05) is 13.2 Å². The van der Waals surface area contributed by atoms with Crippen LogP contribution in [-0.2, 0) is 15.7 Å². The second kappa shape index (κ2) is 6.99. The first-order valence-corrected chi connectivity index (χ1v) is 6.78. The van der Waals surface area contributed by atoms with Crippen molar-refractivity contribution in [1.82, 2.24) is 0 Å². The number of rotatable bonds is 4. The van der Waals surface area contributed by atoms with Crippen LogP contribution < -0.4 is 0 Å². The number of halogens is 1. The Hall–Kier alpha value is -0.575. The largest absolute Gasteiger partial charge is 0.500 e. The highest BCUT2D eigenvalue weighted by molar-refractivity contribution is 9.12. The van der Waals surface area contributed by atoms with Gasteiger partial charge in [0.2, 0.25) is 0 Å². The van der Waals surface area contributed by atoms with Gasteiger partial charge in [-0.25, -0.2) is 0 Å². The molecule has 0 atom stereocenters. The fraction of sp³-hybridized carbons (Fsp3) is 0.385. The van der Waals surface area contributed by atoms with Crippen LogP contribution in [0.5, 0.6) is 0 Å². The Morgan fingerprint density at radius 1 is 1.24 bits per heavy atom. The van der Waals surface area contributed by atoms with Crippen LogP contribution in [0.2, 0.25) is 0 Å². The number of hydrogen-bond donors (Lipinski definition) is 0. The van der Waals surface area contributed by atoms with Crippen molar-refractivity contribution in [1.29, 1.82) is 0 Å². The molecule has 0 radical (unpaired) electrons. The third-order valence-electron chi connectivity index (χ3n) is 2.67. The predicted molar refractivity (Wildman–Crippen MR) is 74.0 cm³/mol. The Kier molecular flexibility index (Phi) is 5.29. The van der Waals surface area contributed by atoms with E-state index in [2.05, 4.69) is 46.3 Å². The van der Waals surface area contributed by atoms with Gasteiger partial charge in [-0.2, -0.15) is 0 Å². The maximum atomic E-state index is 5.51. The summed E-state index contributed by atoms with van der Waals surface area (Å²) in [6, 6.07) is 10.5. The van der Waals surface area contributed by atoms with Gasteiger partial charge in [0.1, 0.15) is 0 Å². The molecule has 1 fully saturated rings. The van der Waals surface area contributed by atoms with Gasteiger partial charge >= 0.3 is 7.12 Å². The molecule has 0 aliphatic carbocycles. The van der Waals surface area contributed by atoms with E-state index in [1.54, 1.807) is 0 Å². The normalized spacial score (nSPS) is 17.2. The zero-order valence-electron chi connectivity index (χ0n) is 9.77.